The molecule has 0 amide bonds. The number of hydrogen-bond acceptors (Lipinski definition) is 8. The fourth-order valence-corrected chi connectivity index (χ4v) is 9.65. The molecule has 0 bridgehead atoms. The minimum atomic E-state index is -0.844. The van der Waals surface area contributed by atoms with Crippen molar-refractivity contribution in [1.82, 2.24) is 44.4 Å². The van der Waals surface area contributed by atoms with Gasteiger partial charge in [-0.3, -0.25) is 28.8 Å². The third-order valence-corrected chi connectivity index (χ3v) is 12.8. The lowest BCUT2D eigenvalue weighted by Gasteiger charge is -2.37. The van der Waals surface area contributed by atoms with Crippen LogP contribution >= 0.6 is 0 Å². The number of ketones is 2. The summed E-state index contributed by atoms with van der Waals surface area (Å²) in [6, 6.07) is 62.6. The molecule has 360 valence electrons. The molecule has 0 saturated heterocycles. The number of para-hydroxylation sites is 2. The zero-order valence-corrected chi connectivity index (χ0v) is 40.6. The summed E-state index contributed by atoms with van der Waals surface area (Å²) in [7, 11) is 4.12. The smallest absolute Gasteiger partial charge is 0.188 e. The van der Waals surface area contributed by atoms with Crippen molar-refractivity contribution in [2.24, 2.45) is 0 Å². The summed E-state index contributed by atoms with van der Waals surface area (Å²) in [5.74, 6) is -0.0967. The van der Waals surface area contributed by atoms with Crippen molar-refractivity contribution >= 4 is 39.7 Å². The van der Waals surface area contributed by atoms with E-state index in [2.05, 4.69) is 100 Å². The number of carbonyl (C=O) groups excluding carboxylic acids is 3. The van der Waals surface area contributed by atoms with E-state index in [0.717, 1.165) is 68.0 Å². The topological polar surface area (TPSA) is 137 Å². The van der Waals surface area contributed by atoms with Gasteiger partial charge in [0.15, 0.2) is 11.6 Å². The maximum absolute atomic E-state index is 14.1. The second-order valence-corrected chi connectivity index (χ2v) is 18.4. The molecule has 0 aliphatic carbocycles. The number of aromatic nitrogens is 8. The van der Waals surface area contributed by atoms with Gasteiger partial charge in [0.1, 0.15) is 23.2 Å². The predicted molar refractivity (Wildman–Crippen MR) is 285 cm³/mol. The van der Waals surface area contributed by atoms with Gasteiger partial charge in [-0.15, -0.1) is 0 Å². The SMILES string of the molecule is CN(C)Cc1cccc(Cn2cc(CC(=O)c3n[nH]c4ccccc34)cn2)c1.O=Cc1cccc(Cn2cc(CC(=O)c3nn(C(c4ccccc4)(c4ccccc4)c4ccccc4)c4ccccc34)cn2)c1. The normalized spacial score (nSPS) is 11.4. The van der Waals surface area contributed by atoms with Crippen molar-refractivity contribution in [2.45, 2.75) is 38.0 Å². The first-order valence-electron chi connectivity index (χ1n) is 24.2. The van der Waals surface area contributed by atoms with Crippen molar-refractivity contribution in [2.75, 3.05) is 14.1 Å². The molecule has 0 atom stereocenters. The largest absolute Gasteiger partial charge is 0.305 e. The lowest BCUT2D eigenvalue weighted by Crippen LogP contribution is -2.38. The van der Waals surface area contributed by atoms with Crippen LogP contribution in [0.15, 0.2) is 213 Å². The number of Topliss-reactive ketones (excluding diaryl/α,β-unsaturated/α-hetero) is 2. The van der Waals surface area contributed by atoms with Gasteiger partial charge in [-0.05, 0) is 76.8 Å². The molecule has 7 aromatic carbocycles. The van der Waals surface area contributed by atoms with E-state index in [1.165, 1.54) is 11.1 Å². The Morgan fingerprint density at radius 3 is 1.64 bits per heavy atom. The minimum absolute atomic E-state index is 0.00928. The number of rotatable bonds is 17. The second-order valence-electron chi connectivity index (χ2n) is 18.4. The predicted octanol–water partition coefficient (Wildman–Crippen LogP) is 10.7. The fraction of sp³-hybridized carbons (Fsp3) is 0.131. The van der Waals surface area contributed by atoms with E-state index in [0.29, 0.717) is 30.0 Å². The highest BCUT2D eigenvalue weighted by molar-refractivity contribution is 6.07. The van der Waals surface area contributed by atoms with Gasteiger partial charge >= 0.3 is 0 Å². The van der Waals surface area contributed by atoms with Crippen LogP contribution in [0.4, 0.5) is 0 Å². The van der Waals surface area contributed by atoms with E-state index in [1.807, 2.05) is 143 Å². The molecule has 0 fully saturated rings. The molecule has 0 spiro atoms. The first-order chi connectivity index (χ1) is 35.7. The summed E-state index contributed by atoms with van der Waals surface area (Å²) in [6.07, 6.45) is 8.58. The van der Waals surface area contributed by atoms with E-state index in [9.17, 15) is 14.4 Å². The Labute approximate surface area is 423 Å². The minimum Gasteiger partial charge on any atom is -0.305 e. The van der Waals surface area contributed by atoms with E-state index in [-0.39, 0.29) is 24.4 Å². The molecule has 12 nitrogen and oxygen atoms in total. The van der Waals surface area contributed by atoms with Crippen LogP contribution < -0.4 is 0 Å². The second kappa shape index (κ2) is 21.5. The van der Waals surface area contributed by atoms with Crippen LogP contribution in [0.25, 0.3) is 21.8 Å². The molecule has 11 aromatic rings. The van der Waals surface area contributed by atoms with Crippen LogP contribution in [0.3, 0.4) is 0 Å². The Morgan fingerprint density at radius 1 is 0.548 bits per heavy atom. The highest BCUT2D eigenvalue weighted by Gasteiger charge is 2.41. The molecule has 73 heavy (non-hydrogen) atoms. The third-order valence-electron chi connectivity index (χ3n) is 12.8. The first kappa shape index (κ1) is 47.5. The summed E-state index contributed by atoms with van der Waals surface area (Å²) in [5, 5.41) is 22.9. The molecular weight excluding hydrogens is 907 g/mol. The molecule has 1 N–H and O–H groups in total. The van der Waals surface area contributed by atoms with Crippen molar-refractivity contribution in [3.8, 4) is 0 Å². The molecule has 4 heterocycles. The molecule has 0 unspecified atom stereocenters. The number of aromatic amines is 1. The van der Waals surface area contributed by atoms with Crippen molar-refractivity contribution < 1.29 is 14.4 Å². The van der Waals surface area contributed by atoms with Gasteiger partial charge < -0.3 is 4.90 Å². The maximum Gasteiger partial charge on any atom is 0.188 e. The Bertz CT molecular complexity index is 3570. The van der Waals surface area contributed by atoms with Crippen LogP contribution in [0.1, 0.15) is 75.8 Å². The molecule has 0 saturated carbocycles. The van der Waals surface area contributed by atoms with E-state index in [4.69, 9.17) is 5.10 Å². The summed E-state index contributed by atoms with van der Waals surface area (Å²) in [5.41, 5.74) is 10.6. The fourth-order valence-electron chi connectivity index (χ4n) is 9.65. The average molecular weight is 960 g/mol. The maximum atomic E-state index is 14.1. The Hall–Kier alpha value is -9.13. The lowest BCUT2D eigenvalue weighted by molar-refractivity contribution is 0.0981. The highest BCUT2D eigenvalue weighted by Crippen LogP contribution is 2.43. The molecular formula is C61H53N9O3. The number of carbonyl (C=O) groups is 3. The van der Waals surface area contributed by atoms with Gasteiger partial charge in [-0.25, -0.2) is 4.68 Å². The zero-order chi connectivity index (χ0) is 50.2. The van der Waals surface area contributed by atoms with Crippen molar-refractivity contribution in [3.63, 3.8) is 0 Å². The molecule has 4 aromatic heterocycles. The van der Waals surface area contributed by atoms with Crippen LogP contribution in [-0.2, 0) is 38.0 Å². The highest BCUT2D eigenvalue weighted by atomic mass is 16.1. The van der Waals surface area contributed by atoms with E-state index >= 15 is 0 Å². The van der Waals surface area contributed by atoms with Gasteiger partial charge in [0.05, 0.1) is 36.5 Å². The van der Waals surface area contributed by atoms with Gasteiger partial charge in [0.2, 0.25) is 0 Å². The van der Waals surface area contributed by atoms with Crippen molar-refractivity contribution in [1.29, 1.82) is 0 Å². The molecule has 0 radical (unpaired) electrons. The number of nitrogens with zero attached hydrogens (tertiary/aromatic N) is 8. The van der Waals surface area contributed by atoms with Crippen LogP contribution in [0, 0.1) is 0 Å². The van der Waals surface area contributed by atoms with Crippen LogP contribution in [-0.4, -0.2) is 76.4 Å². The number of fused-ring (bicyclic) bond motifs is 2. The standard InChI is InChI=1S/C39H30N4O2.C22H23N5O/c44-28-30-14-12-13-29(23-30)26-42-27-31(25-40-42)24-37(45)38-35-21-10-11-22-36(35)43(41-38)39(32-15-4-1-5-16-32,33-17-6-2-7-18-33)34-19-8-3-9-20-34;1-26(2)13-16-6-5-7-17(10-16)14-27-15-18(12-23-27)11-21(28)22-19-8-3-4-9-20(19)24-25-22/h1-23,25,27-28H,24,26H2;3-10,12,15H,11,13-14H2,1-2H3,(H,24,25). The van der Waals surface area contributed by atoms with Gasteiger partial charge in [-0.1, -0.05) is 170 Å². The Morgan fingerprint density at radius 2 is 1.05 bits per heavy atom. The van der Waals surface area contributed by atoms with Crippen LogP contribution in [0.2, 0.25) is 0 Å². The van der Waals surface area contributed by atoms with E-state index < -0.39 is 5.54 Å². The lowest BCUT2D eigenvalue weighted by atomic mass is 9.77. The van der Waals surface area contributed by atoms with Crippen molar-refractivity contribution in [3.05, 3.63) is 274 Å². The summed E-state index contributed by atoms with van der Waals surface area (Å²) in [6.45, 7) is 2.09. The number of benzene rings is 7. The monoisotopic (exact) mass is 959 g/mol. The zero-order valence-electron chi connectivity index (χ0n) is 40.6. The molecule has 12 heteroatoms. The number of nitrogens with one attached hydrogen (secondary N) is 1. The molecule has 0 aliphatic rings. The number of H-pyrrole nitrogens is 1. The van der Waals surface area contributed by atoms with Gasteiger partial charge in [-0.2, -0.15) is 20.4 Å². The average Bonchev–Trinajstić information content (AvgIpc) is 4.25. The first-order valence-corrected chi connectivity index (χ1v) is 24.2. The Balaban J connectivity index is 0.000000187. The quantitative estimate of drug-likeness (QED) is 0.0541. The number of aldehydes is 1. The van der Waals surface area contributed by atoms with Gasteiger partial charge in [0, 0.05) is 48.1 Å². The summed E-state index contributed by atoms with van der Waals surface area (Å²) < 4.78 is 5.69. The molecule has 0 aliphatic heterocycles. The third kappa shape index (κ3) is 10.4. The summed E-state index contributed by atoms with van der Waals surface area (Å²) in [4.78, 5) is 40.1. The van der Waals surface area contributed by atoms with Crippen LogP contribution in [0.5, 0.6) is 0 Å². The van der Waals surface area contributed by atoms with Gasteiger partial charge in [0.25, 0.3) is 0 Å². The summed E-state index contributed by atoms with van der Waals surface area (Å²) >= 11 is 0. The van der Waals surface area contributed by atoms with E-state index in [1.54, 1.807) is 23.1 Å². The molecule has 11 rings (SSSR count). The Kier molecular flexibility index (Phi) is 14.0. The number of hydrogen-bond donors (Lipinski definition) is 1.